The van der Waals surface area contributed by atoms with Crippen molar-refractivity contribution in [2.45, 2.75) is 54.0 Å². The number of oxazole rings is 1. The smallest absolute Gasteiger partial charge is 0.226 e. The maximum atomic E-state index is 5.93. The highest BCUT2D eigenvalue weighted by atomic mass is 16.4. The minimum Gasteiger partial charge on any atom is -0.441 e. The number of benzene rings is 1. The Kier molecular flexibility index (Phi) is 4.82. The summed E-state index contributed by atoms with van der Waals surface area (Å²) in [4.78, 5) is 7.30. The van der Waals surface area contributed by atoms with Crippen molar-refractivity contribution in [3.8, 4) is 11.5 Å². The van der Waals surface area contributed by atoms with Crippen LogP contribution in [0.1, 0.15) is 50.6 Å². The molecule has 2 heterocycles. The van der Waals surface area contributed by atoms with E-state index in [-0.39, 0.29) is 0 Å². The first-order valence-corrected chi connectivity index (χ1v) is 9.08. The van der Waals surface area contributed by atoms with Gasteiger partial charge in [0.05, 0.1) is 5.69 Å². The molecule has 1 aromatic carbocycles. The summed E-state index contributed by atoms with van der Waals surface area (Å²) in [6.45, 7) is 14.4. The average Bonchev–Trinajstić information content (AvgIpc) is 2.88. The van der Waals surface area contributed by atoms with Crippen LogP contribution in [0.25, 0.3) is 11.5 Å². The van der Waals surface area contributed by atoms with E-state index in [2.05, 4.69) is 56.9 Å². The molecule has 3 heteroatoms. The van der Waals surface area contributed by atoms with Crippen LogP contribution in [0.5, 0.6) is 0 Å². The molecule has 1 aromatic heterocycles. The van der Waals surface area contributed by atoms with E-state index >= 15 is 0 Å². The van der Waals surface area contributed by atoms with E-state index in [9.17, 15) is 0 Å². The number of likely N-dealkylation sites (tertiary alicyclic amines) is 1. The predicted octanol–water partition coefficient (Wildman–Crippen LogP) is 5.22. The lowest BCUT2D eigenvalue weighted by molar-refractivity contribution is 0.107. The lowest BCUT2D eigenvalue weighted by Crippen LogP contribution is -2.37. The first-order chi connectivity index (χ1) is 11.3. The van der Waals surface area contributed by atoms with Gasteiger partial charge < -0.3 is 4.42 Å². The van der Waals surface area contributed by atoms with Crippen LogP contribution >= 0.6 is 0 Å². The Labute approximate surface area is 146 Å². The summed E-state index contributed by atoms with van der Waals surface area (Å²) >= 11 is 0. The molecule has 0 amide bonds. The molecule has 3 nitrogen and oxygen atoms in total. The van der Waals surface area contributed by atoms with Gasteiger partial charge in [0, 0.05) is 12.1 Å². The van der Waals surface area contributed by atoms with Crippen LogP contribution in [0, 0.1) is 25.2 Å². The maximum Gasteiger partial charge on any atom is 0.226 e. The molecule has 0 bridgehead atoms. The zero-order valence-electron chi connectivity index (χ0n) is 15.7. The number of nitrogens with zero attached hydrogens (tertiary/aromatic N) is 2. The Morgan fingerprint density at radius 3 is 2.50 bits per heavy atom. The largest absolute Gasteiger partial charge is 0.441 e. The van der Waals surface area contributed by atoms with Gasteiger partial charge in [0.25, 0.3) is 0 Å². The number of hydrogen-bond donors (Lipinski definition) is 0. The van der Waals surface area contributed by atoms with Crippen molar-refractivity contribution in [3.05, 3.63) is 41.3 Å². The van der Waals surface area contributed by atoms with E-state index in [4.69, 9.17) is 9.40 Å². The molecule has 24 heavy (non-hydrogen) atoms. The number of aromatic nitrogens is 1. The minimum atomic E-state index is 0.425. The molecule has 1 aliphatic rings. The Morgan fingerprint density at radius 1 is 1.17 bits per heavy atom. The molecule has 0 spiro atoms. The molecule has 2 aromatic rings. The molecule has 3 rings (SSSR count). The number of rotatable bonds is 3. The summed E-state index contributed by atoms with van der Waals surface area (Å²) in [5, 5.41) is 0. The monoisotopic (exact) mass is 326 g/mol. The second-order valence-corrected chi connectivity index (χ2v) is 8.31. The minimum absolute atomic E-state index is 0.425. The highest BCUT2D eigenvalue weighted by Gasteiger charge is 2.29. The first-order valence-electron chi connectivity index (χ1n) is 9.08. The third-order valence-corrected chi connectivity index (χ3v) is 5.34. The lowest BCUT2D eigenvalue weighted by Gasteiger charge is -2.38. The summed E-state index contributed by atoms with van der Waals surface area (Å²) in [5.41, 5.74) is 3.81. The van der Waals surface area contributed by atoms with Crippen molar-refractivity contribution in [2.75, 3.05) is 13.1 Å². The SMILES string of the molecule is Cc1cccc(-c2nc(CN3CCC(C(C)(C)C)CC3)c(C)o2)c1. The molecule has 1 fully saturated rings. The highest BCUT2D eigenvalue weighted by molar-refractivity contribution is 5.54. The predicted molar refractivity (Wildman–Crippen MR) is 98.9 cm³/mol. The summed E-state index contributed by atoms with van der Waals surface area (Å²) < 4.78 is 5.93. The van der Waals surface area contributed by atoms with E-state index in [1.807, 2.05) is 6.92 Å². The van der Waals surface area contributed by atoms with Crippen molar-refractivity contribution < 1.29 is 4.42 Å². The molecule has 1 saturated heterocycles. The molecular weight excluding hydrogens is 296 g/mol. The van der Waals surface area contributed by atoms with Crippen LogP contribution in [0.2, 0.25) is 0 Å². The van der Waals surface area contributed by atoms with Gasteiger partial charge in [0.15, 0.2) is 0 Å². The van der Waals surface area contributed by atoms with Gasteiger partial charge in [-0.05, 0) is 63.2 Å². The Hall–Kier alpha value is -1.61. The van der Waals surface area contributed by atoms with E-state index < -0.39 is 0 Å². The van der Waals surface area contributed by atoms with Crippen LogP contribution in [-0.4, -0.2) is 23.0 Å². The van der Waals surface area contributed by atoms with Crippen molar-refractivity contribution >= 4 is 0 Å². The summed E-state index contributed by atoms with van der Waals surface area (Å²) in [5.74, 6) is 2.52. The van der Waals surface area contributed by atoms with Gasteiger partial charge in [-0.25, -0.2) is 4.98 Å². The Balaban J connectivity index is 1.67. The highest BCUT2D eigenvalue weighted by Crippen LogP contribution is 2.34. The van der Waals surface area contributed by atoms with Crippen molar-refractivity contribution in [1.29, 1.82) is 0 Å². The fourth-order valence-electron chi connectivity index (χ4n) is 3.65. The second-order valence-electron chi connectivity index (χ2n) is 8.31. The standard InChI is InChI=1S/C21H30N2O/c1-15-7-6-8-17(13-15)20-22-19(16(2)24-20)14-23-11-9-18(10-12-23)21(3,4)5/h6-8,13,18H,9-12,14H2,1-5H3. The van der Waals surface area contributed by atoms with Gasteiger partial charge in [-0.15, -0.1) is 0 Å². The van der Waals surface area contributed by atoms with Crippen LogP contribution in [0.3, 0.4) is 0 Å². The summed E-state index contributed by atoms with van der Waals surface area (Å²) in [7, 11) is 0. The third kappa shape index (κ3) is 3.89. The molecule has 1 aliphatic heterocycles. The van der Waals surface area contributed by atoms with Crippen LogP contribution in [0.15, 0.2) is 28.7 Å². The van der Waals surface area contributed by atoms with Gasteiger partial charge >= 0.3 is 0 Å². The van der Waals surface area contributed by atoms with Gasteiger partial charge in [-0.3, -0.25) is 4.90 Å². The second kappa shape index (κ2) is 6.72. The molecule has 0 unspecified atom stereocenters. The molecule has 0 N–H and O–H groups in total. The topological polar surface area (TPSA) is 29.3 Å². The van der Waals surface area contributed by atoms with Gasteiger partial charge in [0.1, 0.15) is 5.76 Å². The van der Waals surface area contributed by atoms with Gasteiger partial charge in [-0.2, -0.15) is 0 Å². The van der Waals surface area contributed by atoms with E-state index in [0.717, 1.165) is 48.5 Å². The van der Waals surface area contributed by atoms with Crippen molar-refractivity contribution in [1.82, 2.24) is 9.88 Å². The maximum absolute atomic E-state index is 5.93. The molecule has 0 aliphatic carbocycles. The number of aryl methyl sites for hydroxylation is 2. The fraction of sp³-hybridized carbons (Fsp3) is 0.571. The van der Waals surface area contributed by atoms with Crippen LogP contribution in [0.4, 0.5) is 0 Å². The van der Waals surface area contributed by atoms with Crippen molar-refractivity contribution in [3.63, 3.8) is 0 Å². The molecule has 0 saturated carbocycles. The average molecular weight is 326 g/mol. The molecular formula is C21H30N2O. The van der Waals surface area contributed by atoms with E-state index in [0.29, 0.717) is 5.41 Å². The van der Waals surface area contributed by atoms with Gasteiger partial charge in [0.2, 0.25) is 5.89 Å². The number of hydrogen-bond acceptors (Lipinski definition) is 3. The Bertz CT molecular complexity index is 688. The molecule has 0 radical (unpaired) electrons. The normalized spacial score (nSPS) is 17.4. The third-order valence-electron chi connectivity index (χ3n) is 5.34. The van der Waals surface area contributed by atoms with Crippen LogP contribution < -0.4 is 0 Å². The zero-order valence-corrected chi connectivity index (χ0v) is 15.7. The fourth-order valence-corrected chi connectivity index (χ4v) is 3.65. The Morgan fingerprint density at radius 2 is 1.88 bits per heavy atom. The van der Waals surface area contributed by atoms with E-state index in [1.54, 1.807) is 0 Å². The lowest BCUT2D eigenvalue weighted by atomic mass is 9.75. The molecule has 130 valence electrons. The molecule has 0 atom stereocenters. The van der Waals surface area contributed by atoms with Crippen LogP contribution in [-0.2, 0) is 6.54 Å². The summed E-state index contributed by atoms with van der Waals surface area (Å²) in [6.07, 6.45) is 2.57. The quantitative estimate of drug-likeness (QED) is 0.774. The zero-order chi connectivity index (χ0) is 17.3. The van der Waals surface area contributed by atoms with E-state index in [1.165, 1.54) is 18.4 Å². The van der Waals surface area contributed by atoms with Gasteiger partial charge in [-0.1, -0.05) is 38.5 Å². The van der Waals surface area contributed by atoms with Crippen molar-refractivity contribution in [2.24, 2.45) is 11.3 Å². The number of piperidine rings is 1. The summed E-state index contributed by atoms with van der Waals surface area (Å²) in [6, 6.07) is 8.35. The first kappa shape index (κ1) is 17.2.